The van der Waals surface area contributed by atoms with Gasteiger partial charge in [-0.25, -0.2) is 0 Å². The summed E-state index contributed by atoms with van der Waals surface area (Å²) in [5, 5.41) is 9.87. The molecule has 2 aromatic rings. The van der Waals surface area contributed by atoms with Crippen LogP contribution >= 0.6 is 15.9 Å². The molecule has 3 heteroatoms. The smallest absolute Gasteiger partial charge is 0.106 e. The number of aliphatic hydroxyl groups excluding tert-OH is 1. The fraction of sp³-hybridized carbons (Fsp3) is 0.231. The van der Waals surface area contributed by atoms with Gasteiger partial charge in [0.15, 0.2) is 0 Å². The van der Waals surface area contributed by atoms with Crippen LogP contribution in [0.25, 0.3) is 0 Å². The third-order valence-electron chi connectivity index (χ3n) is 2.40. The van der Waals surface area contributed by atoms with E-state index in [1.807, 2.05) is 36.4 Å². The molecule has 0 fully saturated rings. The summed E-state index contributed by atoms with van der Waals surface area (Å²) in [6, 6.07) is 11.7. The topological polar surface area (TPSA) is 33.4 Å². The van der Waals surface area contributed by atoms with Crippen molar-refractivity contribution in [3.05, 3.63) is 58.5 Å². The van der Waals surface area contributed by atoms with Crippen LogP contribution in [0.2, 0.25) is 0 Å². The molecule has 1 aromatic carbocycles. The number of halogens is 1. The molecule has 84 valence electrons. The second-order valence-corrected chi connectivity index (χ2v) is 4.68. The zero-order valence-corrected chi connectivity index (χ0v) is 10.4. The molecule has 0 bridgehead atoms. The minimum atomic E-state index is -0.396. The lowest BCUT2D eigenvalue weighted by molar-refractivity contribution is 0.168. The van der Waals surface area contributed by atoms with Crippen molar-refractivity contribution in [1.82, 2.24) is 0 Å². The Morgan fingerprint density at radius 3 is 2.50 bits per heavy atom. The van der Waals surface area contributed by atoms with Gasteiger partial charge in [-0.05, 0) is 36.2 Å². The first kappa shape index (κ1) is 11.4. The Balaban J connectivity index is 1.92. The van der Waals surface area contributed by atoms with Crippen LogP contribution in [0.3, 0.4) is 0 Å². The van der Waals surface area contributed by atoms with E-state index in [2.05, 4.69) is 15.9 Å². The molecule has 0 aliphatic rings. The molecule has 1 aromatic heterocycles. The molecule has 0 radical (unpaired) electrons. The van der Waals surface area contributed by atoms with E-state index in [-0.39, 0.29) is 0 Å². The molecular weight excluding hydrogens is 268 g/mol. The van der Waals surface area contributed by atoms with E-state index in [0.29, 0.717) is 12.8 Å². The van der Waals surface area contributed by atoms with Crippen LogP contribution in [0.1, 0.15) is 11.3 Å². The van der Waals surface area contributed by atoms with Gasteiger partial charge in [0.2, 0.25) is 0 Å². The molecule has 2 nitrogen and oxygen atoms in total. The SMILES string of the molecule is OC(Cc1ccc(Br)cc1)Cc1ccco1. The van der Waals surface area contributed by atoms with Crippen LogP contribution in [-0.2, 0) is 12.8 Å². The molecule has 16 heavy (non-hydrogen) atoms. The first-order valence-electron chi connectivity index (χ1n) is 5.19. The molecule has 0 aliphatic heterocycles. The van der Waals surface area contributed by atoms with Crippen molar-refractivity contribution in [2.75, 3.05) is 0 Å². The third kappa shape index (κ3) is 3.22. The number of furan rings is 1. The third-order valence-corrected chi connectivity index (χ3v) is 2.93. The van der Waals surface area contributed by atoms with Crippen molar-refractivity contribution in [2.45, 2.75) is 18.9 Å². The highest BCUT2D eigenvalue weighted by Crippen LogP contribution is 2.13. The molecule has 0 spiro atoms. The Hall–Kier alpha value is -1.06. The summed E-state index contributed by atoms with van der Waals surface area (Å²) in [5.74, 6) is 0.824. The van der Waals surface area contributed by atoms with Gasteiger partial charge in [-0.15, -0.1) is 0 Å². The maximum Gasteiger partial charge on any atom is 0.106 e. The highest BCUT2D eigenvalue weighted by Gasteiger charge is 2.08. The number of hydrogen-bond acceptors (Lipinski definition) is 2. The summed E-state index contributed by atoms with van der Waals surface area (Å²) in [6.45, 7) is 0. The van der Waals surface area contributed by atoms with Crippen molar-refractivity contribution in [1.29, 1.82) is 0 Å². The number of aliphatic hydroxyl groups is 1. The molecular formula is C13H13BrO2. The maximum absolute atomic E-state index is 9.87. The van der Waals surface area contributed by atoms with E-state index >= 15 is 0 Å². The minimum absolute atomic E-state index is 0.396. The van der Waals surface area contributed by atoms with Gasteiger partial charge in [0.05, 0.1) is 12.4 Å². The normalized spacial score (nSPS) is 12.6. The molecule has 0 saturated heterocycles. The fourth-order valence-electron chi connectivity index (χ4n) is 1.63. The quantitative estimate of drug-likeness (QED) is 0.933. The highest BCUT2D eigenvalue weighted by atomic mass is 79.9. The Morgan fingerprint density at radius 1 is 1.12 bits per heavy atom. The van der Waals surface area contributed by atoms with Gasteiger partial charge >= 0.3 is 0 Å². The van der Waals surface area contributed by atoms with Gasteiger partial charge < -0.3 is 9.52 Å². The van der Waals surface area contributed by atoms with E-state index in [9.17, 15) is 5.11 Å². The predicted molar refractivity (Wildman–Crippen MR) is 66.3 cm³/mol. The molecule has 1 N–H and O–H groups in total. The van der Waals surface area contributed by atoms with Crippen LogP contribution in [0, 0.1) is 0 Å². The molecule has 1 heterocycles. The van der Waals surface area contributed by atoms with Crippen LogP contribution in [0.15, 0.2) is 51.6 Å². The van der Waals surface area contributed by atoms with Crippen molar-refractivity contribution in [2.24, 2.45) is 0 Å². The van der Waals surface area contributed by atoms with Crippen LogP contribution in [0.5, 0.6) is 0 Å². The van der Waals surface area contributed by atoms with E-state index in [4.69, 9.17) is 4.42 Å². The summed E-state index contributed by atoms with van der Waals surface area (Å²) in [6.07, 6.45) is 2.44. The standard InChI is InChI=1S/C13H13BrO2/c14-11-5-3-10(4-6-11)8-12(15)9-13-2-1-7-16-13/h1-7,12,15H,8-9H2. The van der Waals surface area contributed by atoms with Crippen molar-refractivity contribution >= 4 is 15.9 Å². The zero-order valence-electron chi connectivity index (χ0n) is 8.77. The van der Waals surface area contributed by atoms with E-state index < -0.39 is 6.10 Å². The summed E-state index contributed by atoms with van der Waals surface area (Å²) < 4.78 is 6.25. The highest BCUT2D eigenvalue weighted by molar-refractivity contribution is 9.10. The Kier molecular flexibility index (Phi) is 3.80. The molecule has 0 aliphatic carbocycles. The summed E-state index contributed by atoms with van der Waals surface area (Å²) in [5.41, 5.74) is 1.13. The summed E-state index contributed by atoms with van der Waals surface area (Å²) >= 11 is 3.38. The first-order chi connectivity index (χ1) is 7.74. The second-order valence-electron chi connectivity index (χ2n) is 3.77. The van der Waals surface area contributed by atoms with Gasteiger partial charge in [-0.3, -0.25) is 0 Å². The van der Waals surface area contributed by atoms with Crippen LogP contribution < -0.4 is 0 Å². The lowest BCUT2D eigenvalue weighted by Crippen LogP contribution is -2.13. The Morgan fingerprint density at radius 2 is 1.88 bits per heavy atom. The molecule has 0 saturated carbocycles. The van der Waals surface area contributed by atoms with E-state index in [1.165, 1.54) is 0 Å². The zero-order chi connectivity index (χ0) is 11.4. The van der Waals surface area contributed by atoms with Crippen LogP contribution in [-0.4, -0.2) is 11.2 Å². The van der Waals surface area contributed by atoms with Crippen molar-refractivity contribution in [3.63, 3.8) is 0 Å². The van der Waals surface area contributed by atoms with Gasteiger partial charge in [0.25, 0.3) is 0 Å². The number of hydrogen-bond donors (Lipinski definition) is 1. The molecule has 1 atom stereocenters. The Bertz CT molecular complexity index is 420. The summed E-state index contributed by atoms with van der Waals surface area (Å²) in [7, 11) is 0. The average molecular weight is 281 g/mol. The van der Waals surface area contributed by atoms with E-state index in [1.54, 1.807) is 6.26 Å². The van der Waals surface area contributed by atoms with Crippen molar-refractivity contribution in [3.8, 4) is 0 Å². The van der Waals surface area contributed by atoms with Gasteiger partial charge in [0, 0.05) is 10.9 Å². The lowest BCUT2D eigenvalue weighted by Gasteiger charge is -2.08. The molecule has 1 unspecified atom stereocenters. The Labute approximate surface area is 103 Å². The van der Waals surface area contributed by atoms with Gasteiger partial charge in [0.1, 0.15) is 5.76 Å². The summed E-state index contributed by atoms with van der Waals surface area (Å²) in [4.78, 5) is 0. The first-order valence-corrected chi connectivity index (χ1v) is 5.98. The van der Waals surface area contributed by atoms with E-state index in [0.717, 1.165) is 15.8 Å². The monoisotopic (exact) mass is 280 g/mol. The molecule has 2 rings (SSSR count). The maximum atomic E-state index is 9.87. The largest absolute Gasteiger partial charge is 0.469 e. The number of rotatable bonds is 4. The van der Waals surface area contributed by atoms with Crippen molar-refractivity contribution < 1.29 is 9.52 Å². The lowest BCUT2D eigenvalue weighted by atomic mass is 10.1. The van der Waals surface area contributed by atoms with Crippen LogP contribution in [0.4, 0.5) is 0 Å². The van der Waals surface area contributed by atoms with Gasteiger partial charge in [-0.2, -0.15) is 0 Å². The van der Waals surface area contributed by atoms with Gasteiger partial charge in [-0.1, -0.05) is 28.1 Å². The average Bonchev–Trinajstić information content (AvgIpc) is 2.74. The molecule has 0 amide bonds. The predicted octanol–water partition coefficient (Wildman–Crippen LogP) is 3.19. The fourth-order valence-corrected chi connectivity index (χ4v) is 1.89. The minimum Gasteiger partial charge on any atom is -0.469 e. The second kappa shape index (κ2) is 5.32. The number of benzene rings is 1.